The van der Waals surface area contributed by atoms with Gasteiger partial charge >= 0.3 is 0 Å². The Morgan fingerprint density at radius 1 is 0.955 bits per heavy atom. The van der Waals surface area contributed by atoms with Crippen molar-refractivity contribution >= 4 is 29.0 Å². The van der Waals surface area contributed by atoms with Crippen molar-refractivity contribution in [2.45, 2.75) is 6.54 Å². The number of halogens is 2. The van der Waals surface area contributed by atoms with Crippen LogP contribution < -0.4 is 10.5 Å². The maximum Gasteiger partial charge on any atom is 0.249 e. The van der Waals surface area contributed by atoms with Gasteiger partial charge in [-0.3, -0.25) is 9.69 Å². The molecule has 0 amide bonds. The Hall–Kier alpha value is -1.49. The minimum Gasteiger partial charge on any atom is -0.356 e. The molecule has 0 spiro atoms. The Morgan fingerprint density at radius 2 is 1.59 bits per heavy atom. The lowest BCUT2D eigenvalue weighted by Crippen LogP contribution is -2.46. The van der Waals surface area contributed by atoms with Gasteiger partial charge in [0.2, 0.25) is 5.56 Å². The van der Waals surface area contributed by atoms with Gasteiger partial charge in [0.1, 0.15) is 5.82 Å². The van der Waals surface area contributed by atoms with Crippen LogP contribution in [0.25, 0.3) is 0 Å². The summed E-state index contributed by atoms with van der Waals surface area (Å²) in [6, 6.07) is 10.8. The second-order valence-corrected chi connectivity index (χ2v) is 6.18. The number of H-pyrrole nitrogens is 1. The molecule has 116 valence electrons. The van der Waals surface area contributed by atoms with Gasteiger partial charge < -0.3 is 9.88 Å². The first-order chi connectivity index (χ1) is 10.6. The van der Waals surface area contributed by atoms with Crippen molar-refractivity contribution < 1.29 is 0 Å². The molecule has 4 nitrogen and oxygen atoms in total. The van der Waals surface area contributed by atoms with Crippen molar-refractivity contribution in [1.29, 1.82) is 0 Å². The number of nitrogens with zero attached hydrogens (tertiary/aromatic N) is 2. The lowest BCUT2D eigenvalue weighted by molar-refractivity contribution is 0.249. The molecule has 0 radical (unpaired) electrons. The molecule has 1 aliphatic rings. The highest BCUT2D eigenvalue weighted by atomic mass is 35.5. The molecule has 0 atom stereocenters. The van der Waals surface area contributed by atoms with E-state index >= 15 is 0 Å². The normalized spacial score (nSPS) is 16.0. The first kappa shape index (κ1) is 15.4. The number of hydrogen-bond acceptors (Lipinski definition) is 3. The quantitative estimate of drug-likeness (QED) is 0.935. The first-order valence-corrected chi connectivity index (χ1v) is 7.98. The summed E-state index contributed by atoms with van der Waals surface area (Å²) in [5.74, 6) is 0.878. The molecule has 6 heteroatoms. The Bertz CT molecular complexity index is 688. The van der Waals surface area contributed by atoms with E-state index in [-0.39, 0.29) is 5.56 Å². The van der Waals surface area contributed by atoms with Gasteiger partial charge in [-0.25, -0.2) is 0 Å². The van der Waals surface area contributed by atoms with Crippen LogP contribution in [0.15, 0.2) is 41.2 Å². The standard InChI is InChI=1S/C16H17Cl2N3O/c17-13-3-1-4-14(18)12(13)11-20-7-9-21(10-8-20)15-5-2-6-16(22)19-15/h1-6H,7-11H2,(H,19,22). The molecule has 1 fully saturated rings. The summed E-state index contributed by atoms with van der Waals surface area (Å²) in [6.45, 7) is 4.28. The molecule has 1 aromatic carbocycles. The Kier molecular flexibility index (Phi) is 4.71. The van der Waals surface area contributed by atoms with Crippen LogP contribution in [0.1, 0.15) is 5.56 Å². The molecular weight excluding hydrogens is 321 g/mol. The van der Waals surface area contributed by atoms with Crippen LogP contribution in [-0.4, -0.2) is 36.1 Å². The molecule has 22 heavy (non-hydrogen) atoms. The highest BCUT2D eigenvalue weighted by Gasteiger charge is 2.19. The van der Waals surface area contributed by atoms with E-state index in [0.29, 0.717) is 10.0 Å². The van der Waals surface area contributed by atoms with Gasteiger partial charge in [0.25, 0.3) is 0 Å². The molecular formula is C16H17Cl2N3O. The van der Waals surface area contributed by atoms with E-state index in [1.54, 1.807) is 6.07 Å². The number of aromatic amines is 1. The maximum atomic E-state index is 11.4. The van der Waals surface area contributed by atoms with Crippen molar-refractivity contribution in [3.63, 3.8) is 0 Å². The second-order valence-electron chi connectivity index (χ2n) is 5.36. The van der Waals surface area contributed by atoms with Crippen LogP contribution in [0, 0.1) is 0 Å². The highest BCUT2D eigenvalue weighted by molar-refractivity contribution is 6.35. The van der Waals surface area contributed by atoms with Crippen molar-refractivity contribution in [2.24, 2.45) is 0 Å². The van der Waals surface area contributed by atoms with E-state index in [4.69, 9.17) is 23.2 Å². The number of pyridine rings is 1. The van der Waals surface area contributed by atoms with E-state index in [9.17, 15) is 4.79 Å². The highest BCUT2D eigenvalue weighted by Crippen LogP contribution is 2.26. The molecule has 1 aromatic heterocycles. The number of benzene rings is 1. The Morgan fingerprint density at radius 3 is 2.23 bits per heavy atom. The average Bonchev–Trinajstić information content (AvgIpc) is 2.52. The summed E-state index contributed by atoms with van der Waals surface area (Å²) in [4.78, 5) is 18.8. The molecule has 3 rings (SSSR count). The molecule has 2 heterocycles. The van der Waals surface area contributed by atoms with Gasteiger partial charge in [-0.05, 0) is 18.2 Å². The maximum absolute atomic E-state index is 11.4. The van der Waals surface area contributed by atoms with Crippen LogP contribution in [0.2, 0.25) is 10.0 Å². The van der Waals surface area contributed by atoms with Gasteiger partial charge in [-0.15, -0.1) is 0 Å². The fourth-order valence-corrected chi connectivity index (χ4v) is 3.19. The molecule has 2 aromatic rings. The zero-order chi connectivity index (χ0) is 15.5. The monoisotopic (exact) mass is 337 g/mol. The second kappa shape index (κ2) is 6.73. The fourth-order valence-electron chi connectivity index (χ4n) is 2.67. The first-order valence-electron chi connectivity index (χ1n) is 7.23. The van der Waals surface area contributed by atoms with Gasteiger partial charge in [-0.2, -0.15) is 0 Å². The minimum atomic E-state index is -0.0669. The summed E-state index contributed by atoms with van der Waals surface area (Å²) in [5.41, 5.74) is 0.912. The number of nitrogens with one attached hydrogen (secondary N) is 1. The SMILES string of the molecule is O=c1cccc(N2CCN(Cc3c(Cl)cccc3Cl)CC2)[nH]1. The van der Waals surface area contributed by atoms with E-state index in [0.717, 1.165) is 44.1 Å². The van der Waals surface area contributed by atoms with Gasteiger partial charge in [0.15, 0.2) is 0 Å². The summed E-state index contributed by atoms with van der Waals surface area (Å²) >= 11 is 12.5. The molecule has 0 bridgehead atoms. The zero-order valence-electron chi connectivity index (χ0n) is 12.1. The molecule has 0 aliphatic carbocycles. The summed E-state index contributed by atoms with van der Waals surface area (Å²) in [5, 5.41) is 1.42. The lowest BCUT2D eigenvalue weighted by Gasteiger charge is -2.35. The predicted octanol–water partition coefficient (Wildman–Crippen LogP) is 3.00. The van der Waals surface area contributed by atoms with E-state index in [1.165, 1.54) is 6.07 Å². The number of aromatic nitrogens is 1. The lowest BCUT2D eigenvalue weighted by atomic mass is 10.2. The van der Waals surface area contributed by atoms with Crippen molar-refractivity contribution in [3.05, 3.63) is 62.4 Å². The van der Waals surface area contributed by atoms with Crippen LogP contribution >= 0.6 is 23.2 Å². The van der Waals surface area contributed by atoms with Crippen LogP contribution in [0.5, 0.6) is 0 Å². The number of piperazine rings is 1. The van der Waals surface area contributed by atoms with Crippen molar-refractivity contribution in [1.82, 2.24) is 9.88 Å². The minimum absolute atomic E-state index is 0.0669. The summed E-state index contributed by atoms with van der Waals surface area (Å²) in [6.07, 6.45) is 0. The number of anilines is 1. The van der Waals surface area contributed by atoms with Crippen LogP contribution in [-0.2, 0) is 6.54 Å². The number of rotatable bonds is 3. The Labute approximate surface area is 139 Å². The van der Waals surface area contributed by atoms with Crippen LogP contribution in [0.4, 0.5) is 5.82 Å². The third kappa shape index (κ3) is 3.46. The van der Waals surface area contributed by atoms with Crippen molar-refractivity contribution in [2.75, 3.05) is 31.1 Å². The third-order valence-corrected chi connectivity index (χ3v) is 4.62. The topological polar surface area (TPSA) is 39.3 Å². The van der Waals surface area contributed by atoms with Gasteiger partial charge in [0.05, 0.1) is 0 Å². The predicted molar refractivity (Wildman–Crippen MR) is 91.0 cm³/mol. The van der Waals surface area contributed by atoms with Crippen molar-refractivity contribution in [3.8, 4) is 0 Å². The molecule has 0 saturated carbocycles. The molecule has 1 saturated heterocycles. The summed E-state index contributed by atoms with van der Waals surface area (Å²) in [7, 11) is 0. The number of hydrogen-bond donors (Lipinski definition) is 1. The van der Waals surface area contributed by atoms with E-state index in [1.807, 2.05) is 24.3 Å². The third-order valence-electron chi connectivity index (χ3n) is 3.91. The van der Waals surface area contributed by atoms with Gasteiger partial charge in [0, 0.05) is 54.4 Å². The largest absolute Gasteiger partial charge is 0.356 e. The van der Waals surface area contributed by atoms with E-state index in [2.05, 4.69) is 14.8 Å². The molecule has 1 aliphatic heterocycles. The van der Waals surface area contributed by atoms with E-state index < -0.39 is 0 Å². The fraction of sp³-hybridized carbons (Fsp3) is 0.312. The zero-order valence-corrected chi connectivity index (χ0v) is 13.6. The van der Waals surface area contributed by atoms with Crippen LogP contribution in [0.3, 0.4) is 0 Å². The summed E-state index contributed by atoms with van der Waals surface area (Å²) < 4.78 is 0. The average molecular weight is 338 g/mol. The van der Waals surface area contributed by atoms with Gasteiger partial charge in [-0.1, -0.05) is 35.3 Å². The molecule has 0 unspecified atom stereocenters. The Balaban J connectivity index is 1.64. The molecule has 1 N–H and O–H groups in total. The smallest absolute Gasteiger partial charge is 0.249 e.